The highest BCUT2D eigenvalue weighted by molar-refractivity contribution is 5.81. The standard InChI is InChI=1S/C13H23N3O3/c1-14(2)13(19)16-6-3-4-10(8-16)12(18)15-7-5-11(17)9-15/h10-11,17H,3-9H2,1-2H3. The van der Waals surface area contributed by atoms with Crippen LogP contribution in [0.25, 0.3) is 0 Å². The number of amides is 3. The van der Waals surface area contributed by atoms with E-state index in [1.807, 2.05) is 0 Å². The first-order chi connectivity index (χ1) is 8.99. The lowest BCUT2D eigenvalue weighted by Crippen LogP contribution is -2.49. The van der Waals surface area contributed by atoms with Crippen LogP contribution in [0, 0.1) is 5.92 Å². The number of nitrogens with zero attached hydrogens (tertiary/aromatic N) is 3. The van der Waals surface area contributed by atoms with E-state index < -0.39 is 0 Å². The van der Waals surface area contributed by atoms with E-state index in [0.717, 1.165) is 19.4 Å². The van der Waals surface area contributed by atoms with Crippen LogP contribution in [-0.4, -0.2) is 78.1 Å². The quantitative estimate of drug-likeness (QED) is 0.727. The number of carbonyl (C=O) groups is 2. The van der Waals surface area contributed by atoms with Gasteiger partial charge in [0.1, 0.15) is 0 Å². The fourth-order valence-corrected chi connectivity index (χ4v) is 2.84. The summed E-state index contributed by atoms with van der Waals surface area (Å²) in [5.74, 6) is -0.0178. The van der Waals surface area contributed by atoms with E-state index in [1.165, 1.54) is 0 Å². The molecule has 2 aliphatic heterocycles. The van der Waals surface area contributed by atoms with E-state index in [1.54, 1.807) is 28.8 Å². The molecular weight excluding hydrogens is 246 g/mol. The van der Waals surface area contributed by atoms with Gasteiger partial charge in [-0.15, -0.1) is 0 Å². The van der Waals surface area contributed by atoms with Crippen LogP contribution in [0.1, 0.15) is 19.3 Å². The number of hydrogen-bond acceptors (Lipinski definition) is 3. The van der Waals surface area contributed by atoms with Gasteiger partial charge in [0.25, 0.3) is 0 Å². The fraction of sp³-hybridized carbons (Fsp3) is 0.846. The summed E-state index contributed by atoms with van der Waals surface area (Å²) >= 11 is 0. The molecule has 0 radical (unpaired) electrons. The van der Waals surface area contributed by atoms with Crippen molar-refractivity contribution in [3.05, 3.63) is 0 Å². The van der Waals surface area contributed by atoms with Crippen molar-refractivity contribution in [3.63, 3.8) is 0 Å². The zero-order chi connectivity index (χ0) is 14.0. The fourth-order valence-electron chi connectivity index (χ4n) is 2.84. The molecule has 0 bridgehead atoms. The van der Waals surface area contributed by atoms with Crippen LogP contribution in [0.3, 0.4) is 0 Å². The third-order valence-corrected chi connectivity index (χ3v) is 3.90. The van der Waals surface area contributed by atoms with Crippen molar-refractivity contribution in [3.8, 4) is 0 Å². The van der Waals surface area contributed by atoms with Gasteiger partial charge in [0.15, 0.2) is 0 Å². The summed E-state index contributed by atoms with van der Waals surface area (Å²) in [7, 11) is 3.45. The van der Waals surface area contributed by atoms with E-state index >= 15 is 0 Å². The molecule has 2 unspecified atom stereocenters. The van der Waals surface area contributed by atoms with Crippen molar-refractivity contribution in [2.45, 2.75) is 25.4 Å². The van der Waals surface area contributed by atoms with Crippen molar-refractivity contribution < 1.29 is 14.7 Å². The van der Waals surface area contributed by atoms with Gasteiger partial charge in [-0.3, -0.25) is 4.79 Å². The third kappa shape index (κ3) is 3.18. The van der Waals surface area contributed by atoms with Crippen molar-refractivity contribution in [2.24, 2.45) is 5.92 Å². The molecule has 108 valence electrons. The molecule has 2 fully saturated rings. The average Bonchev–Trinajstić information content (AvgIpc) is 2.83. The number of likely N-dealkylation sites (tertiary alicyclic amines) is 2. The van der Waals surface area contributed by atoms with Crippen molar-refractivity contribution >= 4 is 11.9 Å². The van der Waals surface area contributed by atoms with Crippen LogP contribution in [0.4, 0.5) is 4.79 Å². The smallest absolute Gasteiger partial charge is 0.319 e. The molecule has 2 saturated heterocycles. The highest BCUT2D eigenvalue weighted by Crippen LogP contribution is 2.22. The van der Waals surface area contributed by atoms with Gasteiger partial charge in [0, 0.05) is 40.3 Å². The maximum Gasteiger partial charge on any atom is 0.319 e. The normalized spacial score (nSPS) is 27.5. The summed E-state index contributed by atoms with van der Waals surface area (Å²) in [4.78, 5) is 29.3. The summed E-state index contributed by atoms with van der Waals surface area (Å²) < 4.78 is 0. The van der Waals surface area contributed by atoms with E-state index in [2.05, 4.69) is 0 Å². The Morgan fingerprint density at radius 3 is 2.42 bits per heavy atom. The number of piperidine rings is 1. The number of hydrogen-bond donors (Lipinski definition) is 1. The Balaban J connectivity index is 1.93. The summed E-state index contributed by atoms with van der Waals surface area (Å²) in [6.07, 6.45) is 1.99. The number of aliphatic hydroxyl groups excluding tert-OH is 1. The van der Waals surface area contributed by atoms with Crippen LogP contribution < -0.4 is 0 Å². The van der Waals surface area contributed by atoms with Crippen LogP contribution in [0.2, 0.25) is 0 Å². The highest BCUT2D eigenvalue weighted by Gasteiger charge is 2.34. The third-order valence-electron chi connectivity index (χ3n) is 3.90. The van der Waals surface area contributed by atoms with Gasteiger partial charge in [-0.25, -0.2) is 4.79 Å². The zero-order valence-electron chi connectivity index (χ0n) is 11.7. The molecule has 0 aromatic heterocycles. The molecule has 0 spiro atoms. The predicted octanol–water partition coefficient (Wildman–Crippen LogP) is -0.0268. The first kappa shape index (κ1) is 14.1. The van der Waals surface area contributed by atoms with E-state index in [4.69, 9.17) is 0 Å². The van der Waals surface area contributed by atoms with E-state index in [-0.39, 0.29) is 24.0 Å². The minimum absolute atomic E-state index is 0.0287. The van der Waals surface area contributed by atoms with Gasteiger partial charge in [0.05, 0.1) is 12.0 Å². The molecule has 2 aliphatic rings. The second kappa shape index (κ2) is 5.77. The van der Waals surface area contributed by atoms with Gasteiger partial charge >= 0.3 is 6.03 Å². The minimum atomic E-state index is -0.382. The van der Waals surface area contributed by atoms with Crippen molar-refractivity contribution in [1.82, 2.24) is 14.7 Å². The molecule has 6 nitrogen and oxygen atoms in total. The van der Waals surface area contributed by atoms with Crippen LogP contribution in [-0.2, 0) is 4.79 Å². The molecule has 2 rings (SSSR count). The molecule has 0 saturated carbocycles. The van der Waals surface area contributed by atoms with E-state index in [0.29, 0.717) is 26.1 Å². The molecule has 0 aromatic carbocycles. The molecule has 19 heavy (non-hydrogen) atoms. The summed E-state index contributed by atoms with van der Waals surface area (Å²) in [5, 5.41) is 9.49. The predicted molar refractivity (Wildman–Crippen MR) is 70.6 cm³/mol. The highest BCUT2D eigenvalue weighted by atomic mass is 16.3. The van der Waals surface area contributed by atoms with Gasteiger partial charge in [-0.1, -0.05) is 0 Å². The Labute approximate surface area is 114 Å². The van der Waals surface area contributed by atoms with E-state index in [9.17, 15) is 14.7 Å². The molecular formula is C13H23N3O3. The lowest BCUT2D eigenvalue weighted by Gasteiger charge is -2.35. The van der Waals surface area contributed by atoms with Crippen LogP contribution in [0.5, 0.6) is 0 Å². The summed E-state index contributed by atoms with van der Waals surface area (Å²) in [6, 6.07) is -0.0287. The SMILES string of the molecule is CN(C)C(=O)N1CCCC(C(=O)N2CCC(O)C2)C1. The van der Waals surface area contributed by atoms with Crippen molar-refractivity contribution in [2.75, 3.05) is 40.3 Å². The molecule has 2 heterocycles. The molecule has 3 amide bonds. The molecule has 2 atom stereocenters. The largest absolute Gasteiger partial charge is 0.391 e. The Morgan fingerprint density at radius 2 is 1.84 bits per heavy atom. The lowest BCUT2D eigenvalue weighted by molar-refractivity contribution is -0.136. The second-order valence-corrected chi connectivity index (χ2v) is 5.69. The lowest BCUT2D eigenvalue weighted by atomic mass is 9.97. The molecule has 0 aromatic rings. The first-order valence-electron chi connectivity index (χ1n) is 6.92. The number of urea groups is 1. The number of β-amino-alcohol motifs (C(OH)–C–C–N with tert-alkyl or cyclic N) is 1. The maximum atomic E-state index is 12.3. The topological polar surface area (TPSA) is 64.1 Å². The number of carbonyl (C=O) groups excluding carboxylic acids is 2. The maximum absolute atomic E-state index is 12.3. The monoisotopic (exact) mass is 269 g/mol. The van der Waals surface area contributed by atoms with Crippen LogP contribution in [0.15, 0.2) is 0 Å². The first-order valence-corrected chi connectivity index (χ1v) is 6.92. The Kier molecular flexibility index (Phi) is 4.29. The number of rotatable bonds is 1. The van der Waals surface area contributed by atoms with Gasteiger partial charge < -0.3 is 19.8 Å². The van der Waals surface area contributed by atoms with Gasteiger partial charge in [-0.2, -0.15) is 0 Å². The zero-order valence-corrected chi connectivity index (χ0v) is 11.7. The second-order valence-electron chi connectivity index (χ2n) is 5.69. The summed E-state index contributed by atoms with van der Waals surface area (Å²) in [5.41, 5.74) is 0. The summed E-state index contributed by atoms with van der Waals surface area (Å²) in [6.45, 7) is 2.31. The Hall–Kier alpha value is -1.30. The molecule has 1 N–H and O–H groups in total. The Morgan fingerprint density at radius 1 is 1.11 bits per heavy atom. The average molecular weight is 269 g/mol. The minimum Gasteiger partial charge on any atom is -0.391 e. The van der Waals surface area contributed by atoms with Gasteiger partial charge in [0.2, 0.25) is 5.91 Å². The number of aliphatic hydroxyl groups is 1. The molecule has 0 aliphatic carbocycles. The Bertz CT molecular complexity index is 359. The van der Waals surface area contributed by atoms with Crippen LogP contribution >= 0.6 is 0 Å². The van der Waals surface area contributed by atoms with Crippen molar-refractivity contribution in [1.29, 1.82) is 0 Å². The van der Waals surface area contributed by atoms with Gasteiger partial charge in [-0.05, 0) is 19.3 Å². The molecule has 6 heteroatoms.